The summed E-state index contributed by atoms with van der Waals surface area (Å²) in [6, 6.07) is 6.36. The van der Waals surface area contributed by atoms with E-state index in [1.165, 1.54) is 18.3 Å². The van der Waals surface area contributed by atoms with E-state index < -0.39 is 12.7 Å². The average Bonchev–Trinajstić information content (AvgIpc) is 3.09. The van der Waals surface area contributed by atoms with Crippen molar-refractivity contribution >= 4 is 22.5 Å². The van der Waals surface area contributed by atoms with E-state index >= 15 is 0 Å². The summed E-state index contributed by atoms with van der Waals surface area (Å²) in [6.07, 6.45) is -2.40. The molecule has 2 aromatic heterocycles. The number of benzene rings is 1. The van der Waals surface area contributed by atoms with Crippen LogP contribution in [0.2, 0.25) is 0 Å². The Morgan fingerprint density at radius 1 is 0.968 bits per heavy atom. The number of nitrogens with zero attached hydrogens (tertiary/aromatic N) is 6. The molecule has 0 spiro atoms. The smallest absolute Gasteiger partial charge is 0.368 e. The summed E-state index contributed by atoms with van der Waals surface area (Å²) in [7, 11) is 0. The molecule has 0 saturated carbocycles. The molecule has 1 aliphatic rings. The topological polar surface area (TPSA) is 50.1 Å². The summed E-state index contributed by atoms with van der Waals surface area (Å²) >= 11 is 0. The van der Waals surface area contributed by atoms with E-state index in [1.807, 2.05) is 13.8 Å². The lowest BCUT2D eigenvalue weighted by Gasteiger charge is -2.37. The maximum absolute atomic E-state index is 13.2. The van der Waals surface area contributed by atoms with Gasteiger partial charge in [-0.05, 0) is 30.2 Å². The molecule has 6 nitrogen and oxygen atoms in total. The molecule has 0 aliphatic carbocycles. The minimum Gasteiger partial charge on any atom is -0.368 e. The van der Waals surface area contributed by atoms with Crippen molar-refractivity contribution in [1.29, 1.82) is 0 Å². The first kappa shape index (κ1) is 21.3. The van der Waals surface area contributed by atoms with Crippen molar-refractivity contribution < 1.29 is 17.6 Å². The fourth-order valence-electron chi connectivity index (χ4n) is 3.80. The molecule has 0 unspecified atom stereocenters. The molecule has 4 rings (SSSR count). The van der Waals surface area contributed by atoms with Crippen LogP contribution in [0.15, 0.2) is 30.5 Å². The lowest BCUT2D eigenvalue weighted by Crippen LogP contribution is -2.47. The van der Waals surface area contributed by atoms with E-state index in [2.05, 4.69) is 19.9 Å². The Hall–Kier alpha value is -2.91. The van der Waals surface area contributed by atoms with Crippen LogP contribution < -0.4 is 9.80 Å². The second-order valence-electron chi connectivity index (χ2n) is 8.17. The van der Waals surface area contributed by atoms with Crippen molar-refractivity contribution in [3.63, 3.8) is 0 Å². The molecule has 0 N–H and O–H groups in total. The predicted octanol–water partition coefficient (Wildman–Crippen LogP) is 4.05. The Morgan fingerprint density at radius 2 is 1.61 bits per heavy atom. The Kier molecular flexibility index (Phi) is 5.72. The zero-order valence-corrected chi connectivity index (χ0v) is 17.4. The van der Waals surface area contributed by atoms with Gasteiger partial charge in [0.05, 0.1) is 11.6 Å². The van der Waals surface area contributed by atoms with Crippen LogP contribution in [0.4, 0.5) is 29.1 Å². The van der Waals surface area contributed by atoms with Gasteiger partial charge < -0.3 is 9.80 Å². The Morgan fingerprint density at radius 3 is 2.23 bits per heavy atom. The lowest BCUT2D eigenvalue weighted by atomic mass is 10.1. The zero-order chi connectivity index (χ0) is 22.2. The molecule has 1 saturated heterocycles. The van der Waals surface area contributed by atoms with Gasteiger partial charge in [-0.3, -0.25) is 0 Å². The van der Waals surface area contributed by atoms with Crippen molar-refractivity contribution in [3.8, 4) is 0 Å². The average molecular weight is 436 g/mol. The summed E-state index contributed by atoms with van der Waals surface area (Å²) in [5.41, 5.74) is 1.14. The second kappa shape index (κ2) is 8.32. The highest BCUT2D eigenvalue weighted by molar-refractivity contribution is 5.87. The molecule has 10 heteroatoms. The number of piperazine rings is 1. The van der Waals surface area contributed by atoms with Gasteiger partial charge in [0.25, 0.3) is 0 Å². The van der Waals surface area contributed by atoms with Gasteiger partial charge in [-0.25, -0.2) is 19.0 Å². The summed E-state index contributed by atoms with van der Waals surface area (Å²) in [4.78, 5) is 13.3. The number of halogens is 4. The molecular weight excluding hydrogens is 412 g/mol. The second-order valence-corrected chi connectivity index (χ2v) is 8.17. The van der Waals surface area contributed by atoms with Gasteiger partial charge >= 0.3 is 6.18 Å². The molecule has 1 aromatic carbocycles. The van der Waals surface area contributed by atoms with Gasteiger partial charge in [0.2, 0.25) is 0 Å². The quantitative estimate of drug-likeness (QED) is 0.565. The van der Waals surface area contributed by atoms with Crippen molar-refractivity contribution in [3.05, 3.63) is 42.1 Å². The number of hydrogen-bond donors (Lipinski definition) is 0. The summed E-state index contributed by atoms with van der Waals surface area (Å²) < 4.78 is 53.1. The molecule has 1 aliphatic heterocycles. The molecule has 1 fully saturated rings. The third kappa shape index (κ3) is 4.88. The summed E-state index contributed by atoms with van der Waals surface area (Å²) in [5.74, 6) is 1.12. The summed E-state index contributed by atoms with van der Waals surface area (Å²) in [6.45, 7) is 5.49. The number of hydrogen-bond acceptors (Lipinski definition) is 5. The first-order valence-corrected chi connectivity index (χ1v) is 10.2. The fraction of sp³-hybridized carbons (Fsp3) is 0.476. The van der Waals surface area contributed by atoms with Crippen LogP contribution in [0, 0.1) is 11.7 Å². The molecule has 3 aromatic rings. The van der Waals surface area contributed by atoms with Crippen LogP contribution in [-0.4, -0.2) is 52.1 Å². The maximum atomic E-state index is 13.2. The Balaban J connectivity index is 1.62. The van der Waals surface area contributed by atoms with Gasteiger partial charge in [-0.1, -0.05) is 13.8 Å². The minimum absolute atomic E-state index is 0.207. The van der Waals surface area contributed by atoms with Crippen LogP contribution in [0.5, 0.6) is 0 Å². The molecule has 0 atom stereocenters. The minimum atomic E-state index is -4.39. The van der Waals surface area contributed by atoms with Crippen molar-refractivity contribution in [2.75, 3.05) is 36.0 Å². The van der Waals surface area contributed by atoms with E-state index in [-0.39, 0.29) is 17.4 Å². The molecule has 0 amide bonds. The van der Waals surface area contributed by atoms with Crippen LogP contribution >= 0.6 is 0 Å². The van der Waals surface area contributed by atoms with E-state index in [4.69, 9.17) is 4.98 Å². The largest absolute Gasteiger partial charge is 0.408 e. The van der Waals surface area contributed by atoms with Crippen molar-refractivity contribution in [2.45, 2.75) is 33.0 Å². The zero-order valence-electron chi connectivity index (χ0n) is 17.4. The van der Waals surface area contributed by atoms with Gasteiger partial charge in [0.15, 0.2) is 5.65 Å². The Labute approximate surface area is 177 Å². The third-order valence-corrected chi connectivity index (χ3v) is 5.21. The highest BCUT2D eigenvalue weighted by Gasteiger charge is 2.31. The number of fused-ring (bicyclic) bond motifs is 1. The van der Waals surface area contributed by atoms with Gasteiger partial charge in [0, 0.05) is 38.3 Å². The van der Waals surface area contributed by atoms with Gasteiger partial charge in [-0.2, -0.15) is 18.3 Å². The van der Waals surface area contributed by atoms with Crippen LogP contribution in [0.25, 0.3) is 11.0 Å². The normalized spacial score (nSPS) is 15.3. The first-order chi connectivity index (χ1) is 14.7. The van der Waals surface area contributed by atoms with Crippen molar-refractivity contribution in [1.82, 2.24) is 19.7 Å². The number of aromatic nitrogens is 4. The molecule has 0 bridgehead atoms. The molecule has 3 heterocycles. The monoisotopic (exact) mass is 436 g/mol. The SMILES string of the molecule is CC(C)Cc1nc(N2CCN(c3ccc(F)cc3)CC2)c2cnn(CC(F)(F)F)c2n1. The highest BCUT2D eigenvalue weighted by atomic mass is 19.4. The van der Waals surface area contributed by atoms with Gasteiger partial charge in [0.1, 0.15) is 24.0 Å². The van der Waals surface area contributed by atoms with Crippen LogP contribution in [-0.2, 0) is 13.0 Å². The summed E-state index contributed by atoms with van der Waals surface area (Å²) in [5, 5.41) is 4.47. The standard InChI is InChI=1S/C21H24F4N6/c1-14(2)11-18-27-19(17-12-26-31(20(17)28-18)13-21(23,24)25)30-9-7-29(8-10-30)16-5-3-15(22)4-6-16/h3-6,12,14H,7-11,13H2,1-2H3. The number of rotatable bonds is 5. The van der Waals surface area contributed by atoms with E-state index in [1.54, 1.807) is 12.1 Å². The van der Waals surface area contributed by atoms with E-state index in [0.717, 1.165) is 10.4 Å². The lowest BCUT2D eigenvalue weighted by molar-refractivity contribution is -0.141. The number of alkyl halides is 3. The third-order valence-electron chi connectivity index (χ3n) is 5.21. The maximum Gasteiger partial charge on any atom is 0.408 e. The Bertz CT molecular complexity index is 1040. The highest BCUT2D eigenvalue weighted by Crippen LogP contribution is 2.28. The van der Waals surface area contributed by atoms with Crippen molar-refractivity contribution in [2.24, 2.45) is 5.92 Å². The van der Waals surface area contributed by atoms with E-state index in [9.17, 15) is 17.6 Å². The first-order valence-electron chi connectivity index (χ1n) is 10.2. The van der Waals surface area contributed by atoms with Crippen LogP contribution in [0.1, 0.15) is 19.7 Å². The van der Waals surface area contributed by atoms with E-state index in [0.29, 0.717) is 49.6 Å². The van der Waals surface area contributed by atoms with Gasteiger partial charge in [-0.15, -0.1) is 0 Å². The predicted molar refractivity (Wildman–Crippen MR) is 111 cm³/mol. The van der Waals surface area contributed by atoms with Crippen LogP contribution in [0.3, 0.4) is 0 Å². The fourth-order valence-corrected chi connectivity index (χ4v) is 3.80. The molecule has 166 valence electrons. The molecule has 31 heavy (non-hydrogen) atoms. The number of anilines is 2. The molecular formula is C21H24F4N6. The molecule has 0 radical (unpaired) electrons.